The van der Waals surface area contributed by atoms with Crippen LogP contribution in [-0.2, 0) is 13.0 Å². The van der Waals surface area contributed by atoms with Crippen LogP contribution < -0.4 is 0 Å². The molecule has 0 aliphatic heterocycles. The molecule has 0 aliphatic carbocycles. The van der Waals surface area contributed by atoms with Gasteiger partial charge in [0.15, 0.2) is 5.69 Å². The Bertz CT molecular complexity index is 551. The minimum absolute atomic E-state index is 0.263. The summed E-state index contributed by atoms with van der Waals surface area (Å²) in [7, 11) is 0. The van der Waals surface area contributed by atoms with Crippen molar-refractivity contribution < 1.29 is 4.39 Å². The summed E-state index contributed by atoms with van der Waals surface area (Å²) in [5.41, 5.74) is 2.09. The van der Waals surface area contributed by atoms with Crippen LogP contribution in [0, 0.1) is 17.1 Å². The molecule has 2 aromatic rings. The van der Waals surface area contributed by atoms with Gasteiger partial charge in [0.05, 0.1) is 12.2 Å². The molecule has 1 aromatic carbocycles. The third-order valence-corrected chi connectivity index (χ3v) is 2.52. The van der Waals surface area contributed by atoms with Gasteiger partial charge in [-0.05, 0) is 24.1 Å². The first kappa shape index (κ1) is 11.3. The van der Waals surface area contributed by atoms with E-state index in [0.29, 0.717) is 18.7 Å². The summed E-state index contributed by atoms with van der Waals surface area (Å²) in [4.78, 5) is 0. The fraction of sp³-hybridized carbons (Fsp3) is 0.250. The summed E-state index contributed by atoms with van der Waals surface area (Å²) >= 11 is 0. The van der Waals surface area contributed by atoms with Gasteiger partial charge in [0.2, 0.25) is 0 Å². The van der Waals surface area contributed by atoms with Crippen LogP contribution >= 0.6 is 0 Å². The van der Waals surface area contributed by atoms with Crippen molar-refractivity contribution in [3.63, 3.8) is 0 Å². The number of nitrogens with zero attached hydrogens (tertiary/aromatic N) is 4. The van der Waals surface area contributed by atoms with Crippen molar-refractivity contribution in [2.45, 2.75) is 19.9 Å². The molecule has 0 fully saturated rings. The summed E-state index contributed by atoms with van der Waals surface area (Å²) in [5, 5.41) is 16.6. The van der Waals surface area contributed by atoms with Crippen molar-refractivity contribution >= 4 is 0 Å². The number of benzene rings is 1. The topological polar surface area (TPSA) is 54.5 Å². The molecule has 0 saturated carbocycles. The van der Waals surface area contributed by atoms with E-state index in [-0.39, 0.29) is 5.82 Å². The molecular weight excluding hydrogens is 219 g/mol. The van der Waals surface area contributed by atoms with E-state index in [4.69, 9.17) is 5.26 Å². The Balaban J connectivity index is 2.27. The molecule has 2 rings (SSSR count). The van der Waals surface area contributed by atoms with Gasteiger partial charge < -0.3 is 0 Å². The summed E-state index contributed by atoms with van der Waals surface area (Å²) in [5.74, 6) is -0.263. The van der Waals surface area contributed by atoms with Crippen LogP contribution in [0.4, 0.5) is 4.39 Å². The van der Waals surface area contributed by atoms with Crippen LogP contribution in [0.5, 0.6) is 0 Å². The van der Waals surface area contributed by atoms with Crippen molar-refractivity contribution in [2.24, 2.45) is 0 Å². The van der Waals surface area contributed by atoms with Crippen LogP contribution in [-0.4, -0.2) is 15.0 Å². The summed E-state index contributed by atoms with van der Waals surface area (Å²) < 4.78 is 14.4. The molecule has 0 bridgehead atoms. The lowest BCUT2D eigenvalue weighted by molar-refractivity contribution is 0.612. The SMILES string of the molecule is CCc1c(C#N)nnn1Cc1ccc(F)cc1. The number of hydrogen-bond acceptors (Lipinski definition) is 3. The molecule has 0 aliphatic rings. The molecule has 0 saturated heterocycles. The maximum absolute atomic E-state index is 12.8. The number of rotatable bonds is 3. The smallest absolute Gasteiger partial charge is 0.185 e. The average Bonchev–Trinajstić information content (AvgIpc) is 2.74. The Morgan fingerprint density at radius 2 is 2.06 bits per heavy atom. The normalized spacial score (nSPS) is 10.2. The third-order valence-electron chi connectivity index (χ3n) is 2.52. The van der Waals surface area contributed by atoms with Crippen LogP contribution in [0.15, 0.2) is 24.3 Å². The molecule has 86 valence electrons. The molecule has 0 spiro atoms. The number of hydrogen-bond donors (Lipinski definition) is 0. The quantitative estimate of drug-likeness (QED) is 0.809. The number of aromatic nitrogens is 3. The lowest BCUT2D eigenvalue weighted by Crippen LogP contribution is -2.06. The van der Waals surface area contributed by atoms with Gasteiger partial charge in [0.1, 0.15) is 11.9 Å². The summed E-state index contributed by atoms with van der Waals surface area (Å²) in [6.45, 7) is 2.44. The largest absolute Gasteiger partial charge is 0.244 e. The van der Waals surface area contributed by atoms with Gasteiger partial charge in [-0.2, -0.15) is 5.26 Å². The van der Waals surface area contributed by atoms with Gasteiger partial charge in [-0.3, -0.25) is 0 Å². The highest BCUT2D eigenvalue weighted by Gasteiger charge is 2.10. The Hall–Kier alpha value is -2.22. The van der Waals surface area contributed by atoms with Crippen LogP contribution in [0.2, 0.25) is 0 Å². The maximum atomic E-state index is 12.8. The molecule has 0 radical (unpaired) electrons. The minimum atomic E-state index is -0.263. The highest BCUT2D eigenvalue weighted by molar-refractivity contribution is 5.25. The first-order chi connectivity index (χ1) is 8.24. The molecule has 1 aromatic heterocycles. The highest BCUT2D eigenvalue weighted by Crippen LogP contribution is 2.09. The predicted molar refractivity (Wildman–Crippen MR) is 59.6 cm³/mol. The van der Waals surface area contributed by atoms with E-state index in [0.717, 1.165) is 11.3 Å². The minimum Gasteiger partial charge on any atom is -0.244 e. The van der Waals surface area contributed by atoms with Crippen molar-refractivity contribution in [3.8, 4) is 6.07 Å². The van der Waals surface area contributed by atoms with E-state index < -0.39 is 0 Å². The first-order valence-corrected chi connectivity index (χ1v) is 5.31. The Morgan fingerprint density at radius 3 is 2.65 bits per heavy atom. The van der Waals surface area contributed by atoms with Gasteiger partial charge >= 0.3 is 0 Å². The molecule has 0 amide bonds. The van der Waals surface area contributed by atoms with Gasteiger partial charge in [-0.15, -0.1) is 5.10 Å². The molecule has 5 heteroatoms. The third kappa shape index (κ3) is 2.31. The first-order valence-electron chi connectivity index (χ1n) is 5.31. The molecule has 1 heterocycles. The number of nitriles is 1. The van der Waals surface area contributed by atoms with Crippen molar-refractivity contribution in [1.29, 1.82) is 5.26 Å². The average molecular weight is 230 g/mol. The standard InChI is InChI=1S/C12H11FN4/c1-2-12-11(7-14)15-16-17(12)8-9-3-5-10(13)6-4-9/h3-6H,2,8H2,1H3. The molecule has 0 unspecified atom stereocenters. The zero-order chi connectivity index (χ0) is 12.3. The van der Waals surface area contributed by atoms with E-state index in [1.807, 2.05) is 13.0 Å². The number of halogens is 1. The van der Waals surface area contributed by atoms with E-state index in [2.05, 4.69) is 10.3 Å². The summed E-state index contributed by atoms with van der Waals surface area (Å²) in [6.07, 6.45) is 0.692. The van der Waals surface area contributed by atoms with Crippen LogP contribution in [0.25, 0.3) is 0 Å². The second-order valence-electron chi connectivity index (χ2n) is 3.63. The zero-order valence-electron chi connectivity index (χ0n) is 9.39. The molecule has 4 nitrogen and oxygen atoms in total. The molecule has 0 atom stereocenters. The van der Waals surface area contributed by atoms with Crippen molar-refractivity contribution in [2.75, 3.05) is 0 Å². The molecular formula is C12H11FN4. The fourth-order valence-corrected chi connectivity index (χ4v) is 1.66. The Labute approximate surface area is 98.3 Å². The van der Waals surface area contributed by atoms with Gasteiger partial charge in [-0.25, -0.2) is 9.07 Å². The van der Waals surface area contributed by atoms with Gasteiger partial charge in [0.25, 0.3) is 0 Å². The second kappa shape index (κ2) is 4.74. The fourth-order valence-electron chi connectivity index (χ4n) is 1.66. The van der Waals surface area contributed by atoms with E-state index >= 15 is 0 Å². The lowest BCUT2D eigenvalue weighted by Gasteiger charge is -2.04. The van der Waals surface area contributed by atoms with E-state index in [1.165, 1.54) is 12.1 Å². The Kier molecular flexibility index (Phi) is 3.15. The monoisotopic (exact) mass is 230 g/mol. The van der Waals surface area contributed by atoms with E-state index in [1.54, 1.807) is 16.8 Å². The van der Waals surface area contributed by atoms with Gasteiger partial charge in [0, 0.05) is 0 Å². The predicted octanol–water partition coefficient (Wildman–Crippen LogP) is 1.90. The van der Waals surface area contributed by atoms with Crippen LogP contribution in [0.1, 0.15) is 23.9 Å². The zero-order valence-corrected chi connectivity index (χ0v) is 9.39. The second-order valence-corrected chi connectivity index (χ2v) is 3.63. The van der Waals surface area contributed by atoms with Crippen molar-refractivity contribution in [1.82, 2.24) is 15.0 Å². The highest BCUT2D eigenvalue weighted by atomic mass is 19.1. The van der Waals surface area contributed by atoms with Crippen molar-refractivity contribution in [3.05, 3.63) is 47.0 Å². The van der Waals surface area contributed by atoms with E-state index in [9.17, 15) is 4.39 Å². The Morgan fingerprint density at radius 1 is 1.35 bits per heavy atom. The lowest BCUT2D eigenvalue weighted by atomic mass is 10.2. The van der Waals surface area contributed by atoms with Gasteiger partial charge in [-0.1, -0.05) is 24.3 Å². The van der Waals surface area contributed by atoms with Crippen LogP contribution in [0.3, 0.4) is 0 Å². The maximum Gasteiger partial charge on any atom is 0.185 e. The summed E-state index contributed by atoms with van der Waals surface area (Å²) in [6, 6.07) is 8.21. The molecule has 0 N–H and O–H groups in total. The molecule has 17 heavy (non-hydrogen) atoms.